The van der Waals surface area contributed by atoms with Gasteiger partial charge in [-0.1, -0.05) is 23.5 Å². The Morgan fingerprint density at radius 1 is 1.19 bits per heavy atom. The number of aromatic nitrogens is 2. The van der Waals surface area contributed by atoms with Crippen LogP contribution in [0.25, 0.3) is 0 Å². The summed E-state index contributed by atoms with van der Waals surface area (Å²) in [6.45, 7) is 6.07. The molecule has 1 aromatic carbocycles. The largest absolute Gasteiger partial charge is 0.493 e. The van der Waals surface area contributed by atoms with Crippen LogP contribution in [0.4, 0.5) is 5.13 Å². The Bertz CT molecular complexity index is 608. The lowest BCUT2D eigenvalue weighted by atomic mass is 10.1. The molecule has 0 radical (unpaired) electrons. The van der Waals surface area contributed by atoms with Gasteiger partial charge in [-0.3, -0.25) is 4.90 Å². The molecule has 2 aliphatic heterocycles. The Kier molecular flexibility index (Phi) is 3.48. The van der Waals surface area contributed by atoms with Crippen molar-refractivity contribution in [3.05, 3.63) is 34.8 Å². The van der Waals surface area contributed by atoms with Gasteiger partial charge in [0.1, 0.15) is 11.3 Å². The van der Waals surface area contributed by atoms with E-state index >= 15 is 0 Å². The van der Waals surface area contributed by atoms with Crippen molar-refractivity contribution in [2.45, 2.75) is 13.0 Å². The van der Waals surface area contributed by atoms with Gasteiger partial charge in [0.15, 0.2) is 0 Å². The van der Waals surface area contributed by atoms with Crippen molar-refractivity contribution in [2.75, 3.05) is 37.7 Å². The van der Waals surface area contributed by atoms with Gasteiger partial charge in [-0.2, -0.15) is 0 Å². The van der Waals surface area contributed by atoms with Crippen molar-refractivity contribution in [3.63, 3.8) is 0 Å². The zero-order valence-corrected chi connectivity index (χ0v) is 12.7. The maximum atomic E-state index is 5.57. The Labute approximate surface area is 128 Å². The van der Waals surface area contributed by atoms with Gasteiger partial charge in [0.25, 0.3) is 0 Å². The lowest BCUT2D eigenvalue weighted by molar-refractivity contribution is 0.249. The lowest BCUT2D eigenvalue weighted by Gasteiger charge is -2.34. The summed E-state index contributed by atoms with van der Waals surface area (Å²) < 4.78 is 5.57. The normalized spacial score (nSPS) is 18.6. The van der Waals surface area contributed by atoms with Crippen LogP contribution in [0.2, 0.25) is 0 Å². The molecule has 6 heteroatoms. The molecule has 4 rings (SSSR count). The van der Waals surface area contributed by atoms with Gasteiger partial charge in [-0.25, -0.2) is 0 Å². The topological polar surface area (TPSA) is 41.5 Å². The third-order valence-electron chi connectivity index (χ3n) is 4.15. The van der Waals surface area contributed by atoms with E-state index in [2.05, 4.69) is 38.2 Å². The highest BCUT2D eigenvalue weighted by Crippen LogP contribution is 2.26. The summed E-state index contributed by atoms with van der Waals surface area (Å²) in [6.07, 6.45) is 1.05. The molecule has 0 spiro atoms. The van der Waals surface area contributed by atoms with Crippen LogP contribution in [-0.2, 0) is 13.0 Å². The van der Waals surface area contributed by atoms with Gasteiger partial charge in [-0.15, -0.1) is 10.2 Å². The van der Waals surface area contributed by atoms with E-state index in [0.29, 0.717) is 0 Å². The SMILES string of the molecule is c1nnc(N2CCN(Cc3ccc4c(c3)CCO4)CC2)s1. The third-order valence-corrected chi connectivity index (χ3v) is 4.90. The second-order valence-corrected chi connectivity index (χ2v) is 6.34. The molecule has 0 aliphatic carbocycles. The fourth-order valence-electron chi connectivity index (χ4n) is 3.00. The number of ether oxygens (including phenoxy) is 1. The predicted molar refractivity (Wildman–Crippen MR) is 83.0 cm³/mol. The van der Waals surface area contributed by atoms with Crippen LogP contribution in [0.5, 0.6) is 5.75 Å². The molecule has 0 atom stereocenters. The molecule has 2 aromatic rings. The number of hydrogen-bond donors (Lipinski definition) is 0. The molecule has 1 fully saturated rings. The Morgan fingerprint density at radius 3 is 2.90 bits per heavy atom. The zero-order valence-electron chi connectivity index (χ0n) is 11.9. The molecular formula is C15H18N4OS. The zero-order chi connectivity index (χ0) is 14.1. The maximum Gasteiger partial charge on any atom is 0.208 e. The highest BCUT2D eigenvalue weighted by molar-refractivity contribution is 7.13. The summed E-state index contributed by atoms with van der Waals surface area (Å²) in [6, 6.07) is 6.62. The summed E-state index contributed by atoms with van der Waals surface area (Å²) in [7, 11) is 0. The monoisotopic (exact) mass is 302 g/mol. The first kappa shape index (κ1) is 13.0. The van der Waals surface area contributed by atoms with E-state index in [0.717, 1.165) is 56.6 Å². The minimum absolute atomic E-state index is 0.833. The van der Waals surface area contributed by atoms with Gasteiger partial charge >= 0.3 is 0 Å². The van der Waals surface area contributed by atoms with Crippen molar-refractivity contribution in [2.24, 2.45) is 0 Å². The van der Waals surface area contributed by atoms with Crippen LogP contribution in [-0.4, -0.2) is 47.9 Å². The standard InChI is InChI=1S/C15H18N4OS/c1-2-14-13(3-8-20-14)9-12(1)10-18-4-6-19(7-5-18)15-17-16-11-21-15/h1-2,9,11H,3-8,10H2. The number of rotatable bonds is 3. The Morgan fingerprint density at radius 2 is 2.10 bits per heavy atom. The minimum Gasteiger partial charge on any atom is -0.493 e. The predicted octanol–water partition coefficient (Wildman–Crippen LogP) is 1.80. The van der Waals surface area contributed by atoms with Crippen LogP contribution in [0.1, 0.15) is 11.1 Å². The molecule has 0 saturated carbocycles. The van der Waals surface area contributed by atoms with E-state index in [1.165, 1.54) is 11.1 Å². The number of benzene rings is 1. The van der Waals surface area contributed by atoms with Crippen molar-refractivity contribution in [1.29, 1.82) is 0 Å². The average Bonchev–Trinajstić information content (AvgIpc) is 3.19. The molecule has 21 heavy (non-hydrogen) atoms. The van der Waals surface area contributed by atoms with Crippen molar-refractivity contribution >= 4 is 16.5 Å². The number of hydrogen-bond acceptors (Lipinski definition) is 6. The van der Waals surface area contributed by atoms with Gasteiger partial charge < -0.3 is 9.64 Å². The lowest BCUT2D eigenvalue weighted by Crippen LogP contribution is -2.45. The summed E-state index contributed by atoms with van der Waals surface area (Å²) in [5, 5.41) is 9.11. The fourth-order valence-corrected chi connectivity index (χ4v) is 3.61. The van der Waals surface area contributed by atoms with Gasteiger partial charge in [-0.05, 0) is 17.2 Å². The first-order chi connectivity index (χ1) is 10.4. The summed E-state index contributed by atoms with van der Waals surface area (Å²) in [5.41, 5.74) is 4.55. The van der Waals surface area contributed by atoms with Gasteiger partial charge in [0.05, 0.1) is 6.61 Å². The molecule has 5 nitrogen and oxygen atoms in total. The number of anilines is 1. The minimum atomic E-state index is 0.833. The van der Waals surface area contributed by atoms with Crippen molar-refractivity contribution in [3.8, 4) is 5.75 Å². The van der Waals surface area contributed by atoms with Crippen LogP contribution in [0, 0.1) is 0 Å². The molecule has 0 N–H and O–H groups in total. The highest BCUT2D eigenvalue weighted by atomic mass is 32.1. The summed E-state index contributed by atoms with van der Waals surface area (Å²) in [5.74, 6) is 1.07. The quantitative estimate of drug-likeness (QED) is 0.865. The molecule has 3 heterocycles. The van der Waals surface area contributed by atoms with Crippen LogP contribution < -0.4 is 9.64 Å². The van der Waals surface area contributed by atoms with Crippen LogP contribution in [0.3, 0.4) is 0 Å². The Balaban J connectivity index is 1.36. The van der Waals surface area contributed by atoms with E-state index in [-0.39, 0.29) is 0 Å². The molecule has 1 aromatic heterocycles. The number of nitrogens with zero attached hydrogens (tertiary/aromatic N) is 4. The Hall–Kier alpha value is -1.66. The first-order valence-electron chi connectivity index (χ1n) is 7.36. The van der Waals surface area contributed by atoms with Gasteiger partial charge in [0, 0.05) is 39.1 Å². The number of piperazine rings is 1. The second kappa shape index (κ2) is 5.61. The van der Waals surface area contributed by atoms with E-state index in [1.807, 2.05) is 0 Å². The van der Waals surface area contributed by atoms with E-state index in [1.54, 1.807) is 16.8 Å². The smallest absolute Gasteiger partial charge is 0.208 e. The highest BCUT2D eigenvalue weighted by Gasteiger charge is 2.20. The molecule has 0 bridgehead atoms. The molecular weight excluding hydrogens is 284 g/mol. The van der Waals surface area contributed by atoms with Crippen LogP contribution in [0.15, 0.2) is 23.7 Å². The third kappa shape index (κ3) is 2.73. The molecule has 0 amide bonds. The molecule has 110 valence electrons. The van der Waals surface area contributed by atoms with Crippen LogP contribution >= 0.6 is 11.3 Å². The molecule has 0 unspecified atom stereocenters. The van der Waals surface area contributed by atoms with Crippen molar-refractivity contribution in [1.82, 2.24) is 15.1 Å². The second-order valence-electron chi connectivity index (χ2n) is 5.53. The fraction of sp³-hybridized carbons (Fsp3) is 0.467. The molecule has 1 saturated heterocycles. The first-order valence-corrected chi connectivity index (χ1v) is 8.24. The maximum absolute atomic E-state index is 5.57. The van der Waals surface area contributed by atoms with E-state index in [9.17, 15) is 0 Å². The van der Waals surface area contributed by atoms with Gasteiger partial charge in [0.2, 0.25) is 5.13 Å². The average molecular weight is 302 g/mol. The molecule has 2 aliphatic rings. The van der Waals surface area contributed by atoms with Crippen molar-refractivity contribution < 1.29 is 4.74 Å². The number of fused-ring (bicyclic) bond motifs is 1. The summed E-state index contributed by atoms with van der Waals surface area (Å²) in [4.78, 5) is 4.83. The van der Waals surface area contributed by atoms with E-state index < -0.39 is 0 Å². The summed E-state index contributed by atoms with van der Waals surface area (Å²) >= 11 is 1.62. The van der Waals surface area contributed by atoms with E-state index in [4.69, 9.17) is 4.74 Å².